The van der Waals surface area contributed by atoms with Gasteiger partial charge in [-0.3, -0.25) is 9.48 Å². The van der Waals surface area contributed by atoms with Crippen LogP contribution in [0, 0.1) is 0 Å². The second-order valence-electron chi connectivity index (χ2n) is 4.00. The fraction of sp³-hybridized carbons (Fsp3) is 0.167. The number of phenols is 1. The summed E-state index contributed by atoms with van der Waals surface area (Å²) in [7, 11) is 0. The summed E-state index contributed by atoms with van der Waals surface area (Å²) in [5, 5.41) is 28.1. The van der Waals surface area contributed by atoms with Gasteiger partial charge in [-0.05, 0) is 18.2 Å². The Morgan fingerprint density at radius 2 is 2.15 bits per heavy atom. The van der Waals surface area contributed by atoms with E-state index < -0.39 is 5.97 Å². The van der Waals surface area contributed by atoms with Gasteiger partial charge in [0.25, 0.3) is 0 Å². The van der Waals surface area contributed by atoms with Crippen LogP contribution in [0.15, 0.2) is 30.6 Å². The molecule has 2 rings (SSSR count). The molecular formula is C12H12N4O4. The van der Waals surface area contributed by atoms with Gasteiger partial charge in [-0.2, -0.15) is 0 Å². The maximum atomic E-state index is 11.7. The first kappa shape index (κ1) is 13.5. The molecule has 1 aromatic carbocycles. The Labute approximate surface area is 113 Å². The molecule has 1 heterocycles. The molecule has 0 saturated heterocycles. The van der Waals surface area contributed by atoms with E-state index in [9.17, 15) is 14.7 Å². The minimum Gasteiger partial charge on any atom is -0.507 e. The average Bonchev–Trinajstić information content (AvgIpc) is 2.91. The molecule has 0 aliphatic rings. The van der Waals surface area contributed by atoms with Crippen molar-refractivity contribution in [3.63, 3.8) is 0 Å². The van der Waals surface area contributed by atoms with Crippen molar-refractivity contribution in [2.75, 3.05) is 5.32 Å². The molecule has 1 amide bonds. The summed E-state index contributed by atoms with van der Waals surface area (Å²) in [4.78, 5) is 22.5. The van der Waals surface area contributed by atoms with E-state index in [0.717, 1.165) is 0 Å². The highest BCUT2D eigenvalue weighted by Gasteiger charge is 2.11. The van der Waals surface area contributed by atoms with E-state index in [1.165, 1.54) is 29.1 Å². The molecule has 3 N–H and O–H groups in total. The zero-order chi connectivity index (χ0) is 14.5. The van der Waals surface area contributed by atoms with Gasteiger partial charge in [0.2, 0.25) is 5.91 Å². The molecule has 0 radical (unpaired) electrons. The number of nitrogens with zero attached hydrogens (tertiary/aromatic N) is 3. The number of aromatic hydroxyl groups is 1. The van der Waals surface area contributed by atoms with Gasteiger partial charge >= 0.3 is 5.97 Å². The highest BCUT2D eigenvalue weighted by atomic mass is 16.4. The number of carbonyl (C=O) groups is 2. The van der Waals surface area contributed by atoms with E-state index in [2.05, 4.69) is 15.6 Å². The summed E-state index contributed by atoms with van der Waals surface area (Å²) in [5.74, 6) is -1.90. The van der Waals surface area contributed by atoms with Crippen molar-refractivity contribution < 1.29 is 19.8 Å². The van der Waals surface area contributed by atoms with Gasteiger partial charge in [0.15, 0.2) is 0 Å². The van der Waals surface area contributed by atoms with Crippen LogP contribution in [0.3, 0.4) is 0 Å². The maximum Gasteiger partial charge on any atom is 0.339 e. The van der Waals surface area contributed by atoms with Crippen molar-refractivity contribution >= 4 is 17.6 Å². The smallest absolute Gasteiger partial charge is 0.339 e. The number of carbonyl (C=O) groups excluding carboxylic acids is 1. The molecule has 0 spiro atoms. The molecule has 0 unspecified atom stereocenters. The Kier molecular flexibility index (Phi) is 3.94. The molecule has 0 aliphatic carbocycles. The van der Waals surface area contributed by atoms with Crippen molar-refractivity contribution in [2.45, 2.75) is 13.0 Å². The van der Waals surface area contributed by atoms with E-state index in [0.29, 0.717) is 12.2 Å². The van der Waals surface area contributed by atoms with Crippen LogP contribution in [0.4, 0.5) is 5.69 Å². The standard InChI is InChI=1S/C12H12N4O4/c17-10-2-1-8(7-9(10)12(19)20)14-11(18)3-5-16-6-4-13-15-16/h1-2,4,6-7,17H,3,5H2,(H,14,18)(H,19,20). The van der Waals surface area contributed by atoms with Crippen LogP contribution in [0.2, 0.25) is 0 Å². The maximum absolute atomic E-state index is 11.7. The van der Waals surface area contributed by atoms with Crippen LogP contribution in [0.1, 0.15) is 16.8 Å². The SMILES string of the molecule is O=C(CCn1ccnn1)Nc1ccc(O)c(C(=O)O)c1. The molecule has 20 heavy (non-hydrogen) atoms. The van der Waals surface area contributed by atoms with Crippen LogP contribution in [0.25, 0.3) is 0 Å². The van der Waals surface area contributed by atoms with Gasteiger partial charge in [-0.15, -0.1) is 5.10 Å². The Morgan fingerprint density at radius 1 is 1.35 bits per heavy atom. The molecule has 104 valence electrons. The van der Waals surface area contributed by atoms with E-state index >= 15 is 0 Å². The number of benzene rings is 1. The van der Waals surface area contributed by atoms with E-state index in [-0.39, 0.29) is 23.6 Å². The Bertz CT molecular complexity index is 624. The van der Waals surface area contributed by atoms with Crippen LogP contribution >= 0.6 is 0 Å². The Balaban J connectivity index is 1.97. The molecule has 8 nitrogen and oxygen atoms in total. The molecule has 0 atom stereocenters. The zero-order valence-corrected chi connectivity index (χ0v) is 10.4. The molecule has 1 aromatic heterocycles. The normalized spacial score (nSPS) is 10.2. The molecule has 0 fully saturated rings. The summed E-state index contributed by atoms with van der Waals surface area (Å²) in [5.41, 5.74) is 0.0443. The fourth-order valence-corrected chi connectivity index (χ4v) is 1.58. The second kappa shape index (κ2) is 5.83. The van der Waals surface area contributed by atoms with Gasteiger partial charge in [0, 0.05) is 18.3 Å². The lowest BCUT2D eigenvalue weighted by Gasteiger charge is -2.07. The van der Waals surface area contributed by atoms with E-state index in [1.54, 1.807) is 6.20 Å². The number of carboxylic acid groups (broad SMARTS) is 1. The number of nitrogens with one attached hydrogen (secondary N) is 1. The number of anilines is 1. The van der Waals surface area contributed by atoms with Crippen LogP contribution in [0.5, 0.6) is 5.75 Å². The van der Waals surface area contributed by atoms with Gasteiger partial charge < -0.3 is 15.5 Å². The molecule has 2 aromatic rings. The zero-order valence-electron chi connectivity index (χ0n) is 10.4. The summed E-state index contributed by atoms with van der Waals surface area (Å²) in [6, 6.07) is 3.84. The van der Waals surface area contributed by atoms with Gasteiger partial charge in [-0.25, -0.2) is 4.79 Å². The number of hydrogen-bond donors (Lipinski definition) is 3. The number of aryl methyl sites for hydroxylation is 1. The monoisotopic (exact) mass is 276 g/mol. The Hall–Kier alpha value is -2.90. The summed E-state index contributed by atoms with van der Waals surface area (Å²) >= 11 is 0. The second-order valence-corrected chi connectivity index (χ2v) is 4.00. The number of amides is 1. The van der Waals surface area contributed by atoms with Crippen molar-refractivity contribution in [3.05, 3.63) is 36.2 Å². The molecule has 0 aliphatic heterocycles. The molecule has 0 bridgehead atoms. The van der Waals surface area contributed by atoms with Crippen LogP contribution in [-0.4, -0.2) is 37.1 Å². The number of aromatic carboxylic acids is 1. The highest BCUT2D eigenvalue weighted by Crippen LogP contribution is 2.21. The number of rotatable bonds is 5. The fourth-order valence-electron chi connectivity index (χ4n) is 1.58. The lowest BCUT2D eigenvalue weighted by Crippen LogP contribution is -2.15. The third-order valence-electron chi connectivity index (χ3n) is 2.55. The third kappa shape index (κ3) is 3.31. The van der Waals surface area contributed by atoms with Crippen molar-refractivity contribution in [3.8, 4) is 5.75 Å². The largest absolute Gasteiger partial charge is 0.507 e. The summed E-state index contributed by atoms with van der Waals surface area (Å²) < 4.78 is 1.51. The number of hydrogen-bond acceptors (Lipinski definition) is 5. The van der Waals surface area contributed by atoms with Gasteiger partial charge in [0.05, 0.1) is 12.7 Å². The van der Waals surface area contributed by atoms with Crippen molar-refractivity contribution in [2.24, 2.45) is 0 Å². The van der Waals surface area contributed by atoms with Crippen molar-refractivity contribution in [1.29, 1.82) is 0 Å². The Morgan fingerprint density at radius 3 is 2.80 bits per heavy atom. The minimum atomic E-state index is -1.26. The molecule has 8 heteroatoms. The van der Waals surface area contributed by atoms with Gasteiger partial charge in [0.1, 0.15) is 11.3 Å². The number of carboxylic acids is 1. The van der Waals surface area contributed by atoms with Crippen molar-refractivity contribution in [1.82, 2.24) is 15.0 Å². The summed E-state index contributed by atoms with van der Waals surface area (Å²) in [6.45, 7) is 0.371. The predicted molar refractivity (Wildman–Crippen MR) is 68.3 cm³/mol. The average molecular weight is 276 g/mol. The number of aromatic nitrogens is 3. The third-order valence-corrected chi connectivity index (χ3v) is 2.55. The first-order valence-electron chi connectivity index (χ1n) is 5.76. The first-order valence-corrected chi connectivity index (χ1v) is 5.76. The minimum absolute atomic E-state index is 0.173. The lowest BCUT2D eigenvalue weighted by molar-refractivity contribution is -0.116. The van der Waals surface area contributed by atoms with E-state index in [1.807, 2.05) is 0 Å². The van der Waals surface area contributed by atoms with E-state index in [4.69, 9.17) is 5.11 Å². The predicted octanol–water partition coefficient (Wildman–Crippen LogP) is 0.711. The lowest BCUT2D eigenvalue weighted by atomic mass is 10.1. The van der Waals surface area contributed by atoms with Crippen LogP contribution < -0.4 is 5.32 Å². The van der Waals surface area contributed by atoms with Gasteiger partial charge in [-0.1, -0.05) is 5.21 Å². The highest BCUT2D eigenvalue weighted by molar-refractivity contribution is 5.95. The molecular weight excluding hydrogens is 264 g/mol. The van der Waals surface area contributed by atoms with Crippen LogP contribution in [-0.2, 0) is 11.3 Å². The topological polar surface area (TPSA) is 117 Å². The first-order chi connectivity index (χ1) is 9.56. The summed E-state index contributed by atoms with van der Waals surface area (Å²) in [6.07, 6.45) is 3.32. The molecule has 0 saturated carbocycles. The quantitative estimate of drug-likeness (QED) is 0.692.